The molecule has 0 heteroatoms. The van der Waals surface area contributed by atoms with Gasteiger partial charge in [0, 0.05) is 0 Å². The van der Waals surface area contributed by atoms with Crippen molar-refractivity contribution in [1.82, 2.24) is 0 Å². The van der Waals surface area contributed by atoms with Gasteiger partial charge < -0.3 is 0 Å². The monoisotopic (exact) mass is 406 g/mol. The fraction of sp³-hybridized carbons (Fsp3) is 0.161. The van der Waals surface area contributed by atoms with Gasteiger partial charge in [0.2, 0.25) is 0 Å². The number of benzene rings is 3. The van der Waals surface area contributed by atoms with Crippen LogP contribution in [0.1, 0.15) is 41.7 Å². The van der Waals surface area contributed by atoms with Crippen LogP contribution < -0.4 is 0 Å². The van der Waals surface area contributed by atoms with Gasteiger partial charge in [-0.25, -0.2) is 0 Å². The Labute approximate surface area is 189 Å². The van der Waals surface area contributed by atoms with E-state index >= 15 is 0 Å². The fourth-order valence-electron chi connectivity index (χ4n) is 4.00. The van der Waals surface area contributed by atoms with Gasteiger partial charge >= 0.3 is 0 Å². The van der Waals surface area contributed by atoms with Gasteiger partial charge in [-0.05, 0) is 55.5 Å². The Morgan fingerprint density at radius 2 is 1.35 bits per heavy atom. The van der Waals surface area contributed by atoms with E-state index in [1.165, 1.54) is 27.8 Å². The van der Waals surface area contributed by atoms with E-state index in [9.17, 15) is 0 Å². The summed E-state index contributed by atoms with van der Waals surface area (Å²) in [7, 11) is 0. The molecule has 31 heavy (non-hydrogen) atoms. The van der Waals surface area contributed by atoms with Crippen LogP contribution in [0.5, 0.6) is 0 Å². The summed E-state index contributed by atoms with van der Waals surface area (Å²) >= 11 is 0. The number of aryl methyl sites for hydroxylation is 2. The molecule has 0 aliphatic rings. The third-order valence-electron chi connectivity index (χ3n) is 5.49. The van der Waals surface area contributed by atoms with E-state index in [0.717, 1.165) is 5.57 Å². The lowest BCUT2D eigenvalue weighted by atomic mass is 9.63. The maximum absolute atomic E-state index is 4.16. The molecule has 0 heterocycles. The summed E-state index contributed by atoms with van der Waals surface area (Å²) in [5.74, 6) is 0. The SMILES string of the molecule is C/C=C\C.C=C/C=C(\C=C)C(c1ccccc1)(c1cccc(C)c1)c1ccccc1C. The van der Waals surface area contributed by atoms with Crippen LogP contribution in [0.25, 0.3) is 0 Å². The average molecular weight is 407 g/mol. The Morgan fingerprint density at radius 3 is 1.90 bits per heavy atom. The highest BCUT2D eigenvalue weighted by Crippen LogP contribution is 2.47. The molecule has 1 atom stereocenters. The first kappa shape index (κ1) is 23.9. The maximum atomic E-state index is 4.16. The van der Waals surface area contributed by atoms with Crippen LogP contribution in [0.3, 0.4) is 0 Å². The number of hydrogen-bond donors (Lipinski definition) is 0. The smallest absolute Gasteiger partial charge is 0.0704 e. The molecule has 0 spiro atoms. The third kappa shape index (κ3) is 5.22. The molecule has 3 aromatic carbocycles. The second kappa shape index (κ2) is 11.7. The highest BCUT2D eigenvalue weighted by atomic mass is 14.4. The first-order valence-electron chi connectivity index (χ1n) is 10.8. The summed E-state index contributed by atoms with van der Waals surface area (Å²) in [4.78, 5) is 0. The quantitative estimate of drug-likeness (QED) is 0.219. The van der Waals surface area contributed by atoms with E-state index in [1.807, 2.05) is 38.2 Å². The van der Waals surface area contributed by atoms with Crippen LogP contribution in [0.15, 0.2) is 128 Å². The van der Waals surface area contributed by atoms with Crippen molar-refractivity contribution in [2.75, 3.05) is 0 Å². The minimum absolute atomic E-state index is 0.450. The first-order valence-corrected chi connectivity index (χ1v) is 10.8. The molecule has 0 amide bonds. The molecule has 3 rings (SSSR count). The summed E-state index contributed by atoms with van der Waals surface area (Å²) < 4.78 is 0. The van der Waals surface area contributed by atoms with Crippen LogP contribution >= 0.6 is 0 Å². The molecule has 3 aromatic rings. The fourth-order valence-corrected chi connectivity index (χ4v) is 4.00. The van der Waals surface area contributed by atoms with E-state index in [1.54, 1.807) is 0 Å². The van der Waals surface area contributed by atoms with Gasteiger partial charge in [0.05, 0.1) is 5.41 Å². The highest BCUT2D eigenvalue weighted by Gasteiger charge is 2.39. The number of allylic oxidation sites excluding steroid dienone is 6. The van der Waals surface area contributed by atoms with E-state index < -0.39 is 5.41 Å². The summed E-state index contributed by atoms with van der Waals surface area (Å²) in [5, 5.41) is 0. The third-order valence-corrected chi connectivity index (χ3v) is 5.49. The van der Waals surface area contributed by atoms with Gasteiger partial charge in [0.1, 0.15) is 0 Å². The lowest BCUT2D eigenvalue weighted by molar-refractivity contribution is 0.736. The predicted octanol–water partition coefficient (Wildman–Crippen LogP) is 8.52. The molecular formula is C31H34. The second-order valence-electron chi connectivity index (χ2n) is 7.53. The Morgan fingerprint density at radius 1 is 0.742 bits per heavy atom. The molecular weight excluding hydrogens is 372 g/mol. The first-order chi connectivity index (χ1) is 15.1. The molecule has 0 saturated heterocycles. The summed E-state index contributed by atoms with van der Waals surface area (Å²) in [6.45, 7) is 16.4. The second-order valence-corrected chi connectivity index (χ2v) is 7.53. The van der Waals surface area contributed by atoms with Gasteiger partial charge in [0.15, 0.2) is 0 Å². The molecule has 0 N–H and O–H groups in total. The van der Waals surface area contributed by atoms with E-state index in [4.69, 9.17) is 0 Å². The summed E-state index contributed by atoms with van der Waals surface area (Å²) in [6, 6.07) is 28.1. The topological polar surface area (TPSA) is 0 Å². The molecule has 0 aliphatic carbocycles. The van der Waals surface area contributed by atoms with Crippen molar-refractivity contribution in [1.29, 1.82) is 0 Å². The van der Waals surface area contributed by atoms with E-state index in [2.05, 4.69) is 112 Å². The largest absolute Gasteiger partial charge is 0.0991 e. The molecule has 0 aliphatic heterocycles. The molecule has 0 nitrogen and oxygen atoms in total. The standard InChI is InChI=1S/C27H26.C4H8/c1-5-13-23(6-2)27(24-16-8-7-9-17-24,25-18-12-14-21(3)20-25)26-19-11-10-15-22(26)4;1-3-4-2/h5-20H,1-2H2,3-4H3;3-4H,1-2H3/b23-13+;4-3-. The zero-order valence-electron chi connectivity index (χ0n) is 19.3. The molecule has 0 bridgehead atoms. The molecule has 0 saturated carbocycles. The minimum atomic E-state index is -0.450. The summed E-state index contributed by atoms with van der Waals surface area (Å²) in [6.07, 6.45) is 9.89. The Balaban J connectivity index is 0.000000785. The van der Waals surface area contributed by atoms with E-state index in [-0.39, 0.29) is 0 Å². The van der Waals surface area contributed by atoms with Crippen molar-refractivity contribution in [2.45, 2.75) is 33.1 Å². The Bertz CT molecular complexity index is 1050. The molecule has 1 unspecified atom stereocenters. The van der Waals surface area contributed by atoms with E-state index in [0.29, 0.717) is 0 Å². The minimum Gasteiger partial charge on any atom is -0.0991 e. The van der Waals surface area contributed by atoms with Gasteiger partial charge in [-0.1, -0.05) is 128 Å². The Hall–Kier alpha value is -3.38. The summed E-state index contributed by atoms with van der Waals surface area (Å²) in [5.41, 5.74) is 6.87. The van der Waals surface area contributed by atoms with Crippen LogP contribution in [-0.4, -0.2) is 0 Å². The highest BCUT2D eigenvalue weighted by molar-refractivity contribution is 5.63. The van der Waals surface area contributed by atoms with Gasteiger partial charge in [-0.2, -0.15) is 0 Å². The average Bonchev–Trinajstić information content (AvgIpc) is 2.81. The van der Waals surface area contributed by atoms with Crippen LogP contribution in [0.4, 0.5) is 0 Å². The molecule has 0 radical (unpaired) electrons. The zero-order valence-corrected chi connectivity index (χ0v) is 19.3. The van der Waals surface area contributed by atoms with Gasteiger partial charge in [0.25, 0.3) is 0 Å². The van der Waals surface area contributed by atoms with Crippen molar-refractivity contribution in [3.63, 3.8) is 0 Å². The lowest BCUT2D eigenvalue weighted by Gasteiger charge is -2.38. The zero-order chi connectivity index (χ0) is 22.7. The van der Waals surface area contributed by atoms with Crippen molar-refractivity contribution in [2.24, 2.45) is 0 Å². The van der Waals surface area contributed by atoms with Crippen LogP contribution in [0, 0.1) is 13.8 Å². The normalized spacial score (nSPS) is 13.1. The maximum Gasteiger partial charge on any atom is 0.0704 e. The number of hydrogen-bond acceptors (Lipinski definition) is 0. The van der Waals surface area contributed by atoms with Crippen LogP contribution in [-0.2, 0) is 5.41 Å². The number of rotatable bonds is 6. The Kier molecular flexibility index (Phi) is 9.03. The molecule has 158 valence electrons. The predicted molar refractivity (Wildman–Crippen MR) is 138 cm³/mol. The van der Waals surface area contributed by atoms with Gasteiger partial charge in [-0.15, -0.1) is 0 Å². The van der Waals surface area contributed by atoms with Crippen molar-refractivity contribution < 1.29 is 0 Å². The molecule has 0 fully saturated rings. The van der Waals surface area contributed by atoms with Crippen molar-refractivity contribution >= 4 is 0 Å². The van der Waals surface area contributed by atoms with Gasteiger partial charge in [-0.3, -0.25) is 0 Å². The molecule has 0 aromatic heterocycles. The van der Waals surface area contributed by atoms with Crippen molar-refractivity contribution in [3.05, 3.63) is 156 Å². The van der Waals surface area contributed by atoms with Crippen LogP contribution in [0.2, 0.25) is 0 Å². The lowest BCUT2D eigenvalue weighted by Crippen LogP contribution is -2.32. The van der Waals surface area contributed by atoms with Crippen molar-refractivity contribution in [3.8, 4) is 0 Å².